The van der Waals surface area contributed by atoms with Crippen LogP contribution in [0, 0.1) is 11.8 Å². The summed E-state index contributed by atoms with van der Waals surface area (Å²) in [6, 6.07) is 1.75. The summed E-state index contributed by atoms with van der Waals surface area (Å²) in [6.45, 7) is -0.192. The molecule has 0 radical (unpaired) electrons. The molecule has 0 aromatic carbocycles. The van der Waals surface area contributed by atoms with Crippen molar-refractivity contribution in [3.63, 3.8) is 0 Å². The molecule has 92 valence electrons. The number of nitrogens with one attached hydrogen (secondary N) is 1. The van der Waals surface area contributed by atoms with Gasteiger partial charge >= 0.3 is 0 Å². The molecule has 0 aliphatic carbocycles. The van der Waals surface area contributed by atoms with Crippen molar-refractivity contribution in [1.29, 1.82) is 0 Å². The molecule has 7 heteroatoms. The Morgan fingerprint density at radius 3 is 3.11 bits per heavy atom. The lowest BCUT2D eigenvalue weighted by Crippen LogP contribution is -2.10. The molecule has 2 N–H and O–H groups in total. The zero-order valence-corrected chi connectivity index (χ0v) is 12.2. The Balaban J connectivity index is 2.05. The minimum Gasteiger partial charge on any atom is -0.384 e. The van der Waals surface area contributed by atoms with E-state index in [0.717, 1.165) is 3.79 Å². The van der Waals surface area contributed by atoms with Crippen LogP contribution in [-0.4, -0.2) is 22.6 Å². The Hall–Kier alpha value is -1.20. The van der Waals surface area contributed by atoms with Gasteiger partial charge in [0.1, 0.15) is 6.61 Å². The topological polar surface area (TPSA) is 62.2 Å². The van der Waals surface area contributed by atoms with Crippen LogP contribution in [-0.2, 0) is 0 Å². The van der Waals surface area contributed by atoms with Crippen LogP contribution in [0.3, 0.4) is 0 Å². The molecule has 0 atom stereocenters. The highest BCUT2D eigenvalue weighted by atomic mass is 79.9. The first-order chi connectivity index (χ1) is 8.69. The number of halogens is 1. The van der Waals surface area contributed by atoms with Crippen molar-refractivity contribution >= 4 is 49.6 Å². The predicted octanol–water partition coefficient (Wildman–Crippen LogP) is 2.56. The minimum atomic E-state index is -0.201. The van der Waals surface area contributed by atoms with Gasteiger partial charge in [-0.15, -0.1) is 11.3 Å². The maximum atomic E-state index is 11.8. The van der Waals surface area contributed by atoms with Gasteiger partial charge in [0.15, 0.2) is 5.13 Å². The van der Waals surface area contributed by atoms with Gasteiger partial charge in [-0.25, -0.2) is 4.98 Å². The number of aliphatic hydroxyl groups is 1. The maximum Gasteiger partial charge on any atom is 0.258 e. The van der Waals surface area contributed by atoms with Crippen molar-refractivity contribution < 1.29 is 9.90 Å². The highest BCUT2D eigenvalue weighted by Gasteiger charge is 2.10. The number of carbonyl (C=O) groups excluding carboxylic acids is 1. The minimum absolute atomic E-state index is 0.192. The fourth-order valence-electron chi connectivity index (χ4n) is 1.11. The number of thiazole rings is 1. The Morgan fingerprint density at radius 2 is 2.44 bits per heavy atom. The SMILES string of the molecule is O=C(Nc1ncc(C#CCO)s1)c1csc(Br)c1. The van der Waals surface area contributed by atoms with Gasteiger partial charge in [-0.1, -0.05) is 23.2 Å². The fourth-order valence-corrected chi connectivity index (χ4v) is 2.94. The Kier molecular flexibility index (Phi) is 4.49. The molecule has 4 nitrogen and oxygen atoms in total. The van der Waals surface area contributed by atoms with Crippen LogP contribution in [0.25, 0.3) is 0 Å². The second kappa shape index (κ2) is 6.11. The van der Waals surface area contributed by atoms with Crippen LogP contribution in [0.1, 0.15) is 15.2 Å². The molecular formula is C11H7BrN2O2S2. The van der Waals surface area contributed by atoms with Crippen LogP contribution in [0.4, 0.5) is 5.13 Å². The molecular weight excluding hydrogens is 336 g/mol. The normalized spacial score (nSPS) is 9.67. The Bertz CT molecular complexity index is 624. The number of thiophene rings is 1. The summed E-state index contributed by atoms with van der Waals surface area (Å²) in [6.07, 6.45) is 1.56. The number of rotatable bonds is 2. The third-order valence-corrected chi connectivity index (χ3v) is 4.18. The van der Waals surface area contributed by atoms with Gasteiger partial charge in [0.25, 0.3) is 5.91 Å². The molecule has 18 heavy (non-hydrogen) atoms. The summed E-state index contributed by atoms with van der Waals surface area (Å²) in [4.78, 5) is 16.6. The van der Waals surface area contributed by atoms with Gasteiger partial charge in [-0.05, 0) is 22.0 Å². The van der Waals surface area contributed by atoms with Gasteiger partial charge in [0, 0.05) is 5.38 Å². The molecule has 0 saturated carbocycles. The van der Waals surface area contributed by atoms with E-state index in [0.29, 0.717) is 15.6 Å². The molecule has 2 aromatic rings. The van der Waals surface area contributed by atoms with Gasteiger partial charge in [0.2, 0.25) is 0 Å². The molecule has 0 aliphatic heterocycles. The summed E-state index contributed by atoms with van der Waals surface area (Å²) in [5.41, 5.74) is 0.588. The molecule has 2 rings (SSSR count). The standard InChI is InChI=1S/C11H7BrN2O2S2/c12-9-4-7(6-17-9)10(16)14-11-13-5-8(18-11)2-1-3-15/h4-6,15H,3H2,(H,13,14,16). The molecule has 0 saturated heterocycles. The van der Waals surface area contributed by atoms with Crippen molar-refractivity contribution in [3.8, 4) is 11.8 Å². The fraction of sp³-hybridized carbons (Fsp3) is 0.0909. The van der Waals surface area contributed by atoms with Crippen molar-refractivity contribution in [2.75, 3.05) is 11.9 Å². The summed E-state index contributed by atoms with van der Waals surface area (Å²) in [5.74, 6) is 5.06. The monoisotopic (exact) mass is 342 g/mol. The summed E-state index contributed by atoms with van der Waals surface area (Å²) < 4.78 is 0.904. The summed E-state index contributed by atoms with van der Waals surface area (Å²) in [7, 11) is 0. The lowest BCUT2D eigenvalue weighted by molar-refractivity contribution is 0.102. The van der Waals surface area contributed by atoms with Crippen LogP contribution in [0.2, 0.25) is 0 Å². The van der Waals surface area contributed by atoms with E-state index in [-0.39, 0.29) is 12.5 Å². The molecule has 0 bridgehead atoms. The number of carbonyl (C=O) groups is 1. The first-order valence-corrected chi connectivity index (χ1v) is 7.29. The Labute approximate surface area is 120 Å². The predicted molar refractivity (Wildman–Crippen MR) is 76.0 cm³/mol. The summed E-state index contributed by atoms with van der Waals surface area (Å²) in [5, 5.41) is 13.5. The number of aliphatic hydroxyl groups excluding tert-OH is 1. The number of anilines is 1. The van der Waals surface area contributed by atoms with Crippen molar-refractivity contribution in [2.45, 2.75) is 0 Å². The third kappa shape index (κ3) is 3.40. The van der Waals surface area contributed by atoms with Gasteiger partial charge in [-0.3, -0.25) is 10.1 Å². The smallest absolute Gasteiger partial charge is 0.258 e. The first kappa shape index (κ1) is 13.2. The van der Waals surface area contributed by atoms with Gasteiger partial charge in [-0.2, -0.15) is 0 Å². The highest BCUT2D eigenvalue weighted by molar-refractivity contribution is 9.11. The molecule has 0 unspecified atom stereocenters. The second-order valence-corrected chi connectivity index (χ2v) is 6.40. The average Bonchev–Trinajstić information content (AvgIpc) is 2.96. The van der Waals surface area contributed by atoms with E-state index in [4.69, 9.17) is 5.11 Å². The number of amides is 1. The number of hydrogen-bond donors (Lipinski definition) is 2. The zero-order chi connectivity index (χ0) is 13.0. The van der Waals surface area contributed by atoms with Crippen LogP contribution < -0.4 is 5.32 Å². The van der Waals surface area contributed by atoms with Crippen molar-refractivity contribution in [1.82, 2.24) is 4.98 Å². The van der Waals surface area contributed by atoms with E-state index in [2.05, 4.69) is 38.1 Å². The van der Waals surface area contributed by atoms with E-state index < -0.39 is 0 Å². The molecule has 0 fully saturated rings. The van der Waals surface area contributed by atoms with Crippen LogP contribution in [0.5, 0.6) is 0 Å². The number of nitrogens with zero attached hydrogens (tertiary/aromatic N) is 1. The molecule has 2 aromatic heterocycles. The zero-order valence-electron chi connectivity index (χ0n) is 8.94. The quantitative estimate of drug-likeness (QED) is 0.824. The van der Waals surface area contributed by atoms with Crippen molar-refractivity contribution in [2.24, 2.45) is 0 Å². The largest absolute Gasteiger partial charge is 0.384 e. The highest BCUT2D eigenvalue weighted by Crippen LogP contribution is 2.22. The van der Waals surface area contributed by atoms with E-state index in [9.17, 15) is 4.79 Å². The van der Waals surface area contributed by atoms with E-state index in [1.54, 1.807) is 17.6 Å². The Morgan fingerprint density at radius 1 is 1.61 bits per heavy atom. The van der Waals surface area contributed by atoms with E-state index in [1.807, 2.05) is 0 Å². The third-order valence-electron chi connectivity index (χ3n) is 1.85. The van der Waals surface area contributed by atoms with Gasteiger partial charge < -0.3 is 5.11 Å². The van der Waals surface area contributed by atoms with E-state index in [1.165, 1.54) is 22.7 Å². The average molecular weight is 343 g/mol. The molecule has 0 aliphatic rings. The molecule has 2 heterocycles. The lowest BCUT2D eigenvalue weighted by Gasteiger charge is -1.97. The second-order valence-electron chi connectivity index (χ2n) is 3.08. The van der Waals surface area contributed by atoms with E-state index >= 15 is 0 Å². The number of aromatic nitrogens is 1. The van der Waals surface area contributed by atoms with Crippen LogP contribution >= 0.6 is 38.6 Å². The van der Waals surface area contributed by atoms with Crippen molar-refractivity contribution in [3.05, 3.63) is 31.9 Å². The lowest BCUT2D eigenvalue weighted by atomic mass is 10.3. The van der Waals surface area contributed by atoms with Crippen LogP contribution in [0.15, 0.2) is 21.4 Å². The number of hydrogen-bond acceptors (Lipinski definition) is 5. The van der Waals surface area contributed by atoms with Gasteiger partial charge in [0.05, 0.1) is 20.4 Å². The first-order valence-electron chi connectivity index (χ1n) is 4.80. The molecule has 0 spiro atoms. The maximum absolute atomic E-state index is 11.8. The summed E-state index contributed by atoms with van der Waals surface area (Å²) >= 11 is 6.02. The molecule has 1 amide bonds.